The second kappa shape index (κ2) is 9.13. The van der Waals surface area contributed by atoms with Crippen LogP contribution in [0.15, 0.2) is 64.4 Å². The molecule has 186 valence electrons. The number of allylic oxidation sites excluding steroid dienone is 1. The topological polar surface area (TPSA) is 54.3 Å². The summed E-state index contributed by atoms with van der Waals surface area (Å²) >= 11 is 0. The Morgan fingerprint density at radius 3 is 2.12 bits per heavy atom. The van der Waals surface area contributed by atoms with Gasteiger partial charge in [-0.2, -0.15) is 26.3 Å². The van der Waals surface area contributed by atoms with E-state index < -0.39 is 52.8 Å². The number of ketones is 1. The van der Waals surface area contributed by atoms with Gasteiger partial charge in [-0.3, -0.25) is 10.1 Å². The fourth-order valence-corrected chi connectivity index (χ4v) is 4.34. The lowest BCUT2D eigenvalue weighted by molar-refractivity contribution is -0.296. The highest BCUT2D eigenvalue weighted by atomic mass is 19.4. The third kappa shape index (κ3) is 5.01. The van der Waals surface area contributed by atoms with Gasteiger partial charge in [0.1, 0.15) is 5.76 Å². The first-order valence-electron chi connectivity index (χ1n) is 10.7. The number of rotatable bonds is 7. The highest BCUT2D eigenvalue weighted by molar-refractivity contribution is 6.00. The fourth-order valence-electron chi connectivity index (χ4n) is 4.34. The molecule has 0 saturated heterocycles. The van der Waals surface area contributed by atoms with Crippen LogP contribution in [-0.2, 0) is 11.3 Å². The maximum atomic E-state index is 14.6. The van der Waals surface area contributed by atoms with Gasteiger partial charge in [-0.25, -0.2) is 0 Å². The first kappa shape index (κ1) is 25.9. The summed E-state index contributed by atoms with van der Waals surface area (Å²) in [7, 11) is 0. The lowest BCUT2D eigenvalue weighted by atomic mass is 9.69. The van der Waals surface area contributed by atoms with Crippen molar-refractivity contribution in [2.75, 3.05) is 0 Å². The Morgan fingerprint density at radius 2 is 1.59 bits per heavy atom. The van der Waals surface area contributed by atoms with Gasteiger partial charge in [0.15, 0.2) is 5.78 Å². The van der Waals surface area contributed by atoms with Crippen molar-refractivity contribution in [3.8, 4) is 0 Å². The normalized spacial score (nSPS) is 18.2. The van der Waals surface area contributed by atoms with Crippen LogP contribution in [0.5, 0.6) is 0 Å². The number of hydrogen-bond donors (Lipinski definition) is 2. The first-order chi connectivity index (χ1) is 15.7. The van der Waals surface area contributed by atoms with Crippen molar-refractivity contribution in [2.45, 2.75) is 64.1 Å². The van der Waals surface area contributed by atoms with Crippen molar-refractivity contribution in [1.82, 2.24) is 10.6 Å². The van der Waals surface area contributed by atoms with Crippen molar-refractivity contribution in [3.63, 3.8) is 0 Å². The van der Waals surface area contributed by atoms with Gasteiger partial charge in [0.25, 0.3) is 0 Å². The number of carbonyl (C=O) groups is 1. The van der Waals surface area contributed by atoms with E-state index in [2.05, 4.69) is 5.32 Å². The maximum absolute atomic E-state index is 14.6. The van der Waals surface area contributed by atoms with Crippen LogP contribution in [-0.4, -0.2) is 23.7 Å². The van der Waals surface area contributed by atoms with Crippen molar-refractivity contribution in [3.05, 3.63) is 71.3 Å². The Labute approximate surface area is 193 Å². The van der Waals surface area contributed by atoms with Gasteiger partial charge >= 0.3 is 12.4 Å². The van der Waals surface area contributed by atoms with Crippen molar-refractivity contribution < 1.29 is 35.6 Å². The lowest BCUT2D eigenvalue weighted by Crippen LogP contribution is -2.69. The van der Waals surface area contributed by atoms with Crippen molar-refractivity contribution >= 4 is 5.78 Å². The minimum absolute atomic E-state index is 0.171. The number of furan rings is 1. The Hall–Kier alpha value is -2.75. The number of hydrogen-bond acceptors (Lipinski definition) is 4. The predicted octanol–water partition coefficient (Wildman–Crippen LogP) is 6.23. The van der Waals surface area contributed by atoms with Crippen LogP contribution in [0.1, 0.15) is 51.0 Å². The predicted molar refractivity (Wildman–Crippen MR) is 113 cm³/mol. The molecule has 34 heavy (non-hydrogen) atoms. The number of benzene rings is 1. The Morgan fingerprint density at radius 1 is 0.971 bits per heavy atom. The molecule has 0 radical (unpaired) electrons. The molecule has 1 unspecified atom stereocenters. The minimum Gasteiger partial charge on any atom is -0.467 e. The second-order valence-corrected chi connectivity index (χ2v) is 9.25. The summed E-state index contributed by atoms with van der Waals surface area (Å²) < 4.78 is 92.6. The molecule has 0 amide bonds. The van der Waals surface area contributed by atoms with Crippen LogP contribution in [0.2, 0.25) is 0 Å². The third-order valence-electron chi connectivity index (χ3n) is 5.89. The molecule has 2 aromatic rings. The molecule has 1 heterocycles. The SMILES string of the molecule is CC(NC(C1=C(NCc2ccco2)CC(C)(C)CC1=O)(C(F)(F)F)C(F)(F)F)c1ccccc1. The van der Waals surface area contributed by atoms with Crippen molar-refractivity contribution in [2.24, 2.45) is 5.41 Å². The zero-order chi connectivity index (χ0) is 25.4. The molecular weight excluding hydrogens is 462 g/mol. The Kier molecular flexibility index (Phi) is 6.94. The van der Waals surface area contributed by atoms with Gasteiger partial charge in [-0.15, -0.1) is 0 Å². The highest BCUT2D eigenvalue weighted by Crippen LogP contribution is 2.53. The summed E-state index contributed by atoms with van der Waals surface area (Å²) in [6.07, 6.45) is -11.0. The molecule has 10 heteroatoms. The quantitative estimate of drug-likeness (QED) is 0.454. The lowest BCUT2D eigenvalue weighted by Gasteiger charge is -2.45. The largest absolute Gasteiger partial charge is 0.467 e. The molecule has 1 aromatic heterocycles. The zero-order valence-corrected chi connectivity index (χ0v) is 18.9. The molecule has 0 saturated carbocycles. The average molecular weight is 488 g/mol. The molecular formula is C24H26F6N2O2. The summed E-state index contributed by atoms with van der Waals surface area (Å²) in [5, 5.41) is 4.43. The van der Waals surface area contributed by atoms with Gasteiger partial charge in [0, 0.05) is 18.2 Å². The number of alkyl halides is 6. The number of nitrogens with one attached hydrogen (secondary N) is 2. The zero-order valence-electron chi connectivity index (χ0n) is 18.9. The van der Waals surface area contributed by atoms with Crippen LogP contribution in [0.4, 0.5) is 26.3 Å². The van der Waals surface area contributed by atoms with Gasteiger partial charge < -0.3 is 9.73 Å². The van der Waals surface area contributed by atoms with Crippen molar-refractivity contribution in [1.29, 1.82) is 0 Å². The fraction of sp³-hybridized carbons (Fsp3) is 0.458. The van der Waals surface area contributed by atoms with Crippen LogP contribution in [0, 0.1) is 5.41 Å². The van der Waals surface area contributed by atoms with Gasteiger partial charge in [0.2, 0.25) is 5.54 Å². The highest BCUT2D eigenvalue weighted by Gasteiger charge is 2.75. The van der Waals surface area contributed by atoms with Crippen LogP contribution < -0.4 is 10.6 Å². The Bertz CT molecular complexity index is 1010. The van der Waals surface area contributed by atoms with E-state index in [-0.39, 0.29) is 18.5 Å². The maximum Gasteiger partial charge on any atom is 0.420 e. The van der Waals surface area contributed by atoms with Crippen LogP contribution in [0.25, 0.3) is 0 Å². The monoisotopic (exact) mass is 488 g/mol. The first-order valence-corrected chi connectivity index (χ1v) is 10.7. The van der Waals surface area contributed by atoms with E-state index in [9.17, 15) is 31.1 Å². The minimum atomic E-state index is -5.86. The van der Waals surface area contributed by atoms with E-state index in [1.54, 1.807) is 31.3 Å². The molecule has 1 atom stereocenters. The number of halogens is 6. The molecule has 4 nitrogen and oxygen atoms in total. The summed E-state index contributed by atoms with van der Waals surface area (Å²) in [4.78, 5) is 13.1. The van der Waals surface area contributed by atoms with E-state index in [1.807, 2.05) is 0 Å². The summed E-state index contributed by atoms with van der Waals surface area (Å²) in [6, 6.07) is 9.17. The third-order valence-corrected chi connectivity index (χ3v) is 5.89. The number of Topliss-reactive ketones (excluding diaryl/α,β-unsaturated/α-hetero) is 1. The molecule has 0 spiro atoms. The van der Waals surface area contributed by atoms with E-state index in [0.717, 1.165) is 0 Å². The Balaban J connectivity index is 2.21. The summed E-state index contributed by atoms with van der Waals surface area (Å²) in [5.41, 5.74) is -6.94. The molecule has 0 bridgehead atoms. The van der Waals surface area contributed by atoms with Gasteiger partial charge in [-0.1, -0.05) is 44.2 Å². The molecule has 1 aliphatic rings. The summed E-state index contributed by atoms with van der Waals surface area (Å²) in [5.74, 6) is -0.904. The van der Waals surface area contributed by atoms with E-state index in [4.69, 9.17) is 4.42 Å². The molecule has 1 aromatic carbocycles. The van der Waals surface area contributed by atoms with Gasteiger partial charge in [0.05, 0.1) is 18.4 Å². The standard InChI is InChI=1S/C24H26F6N2O2/c1-15(16-8-5-4-6-9-16)32-22(23(25,26)27,24(28,29)30)20-18(12-21(2,3)13-19(20)33)31-14-17-10-7-11-34-17/h4-11,15,31-32H,12-14H2,1-3H3. The smallest absolute Gasteiger partial charge is 0.420 e. The molecule has 2 N–H and O–H groups in total. The second-order valence-electron chi connectivity index (χ2n) is 9.25. The van der Waals surface area contributed by atoms with E-state index in [1.165, 1.54) is 43.5 Å². The van der Waals surface area contributed by atoms with Gasteiger partial charge in [-0.05, 0) is 36.5 Å². The average Bonchev–Trinajstić information content (AvgIpc) is 3.22. The number of carbonyl (C=O) groups excluding carboxylic acids is 1. The summed E-state index contributed by atoms with van der Waals surface area (Å²) in [6.45, 7) is 4.28. The molecule has 1 aliphatic carbocycles. The van der Waals surface area contributed by atoms with E-state index in [0.29, 0.717) is 5.76 Å². The van der Waals surface area contributed by atoms with E-state index >= 15 is 0 Å². The molecule has 0 fully saturated rings. The molecule has 0 aliphatic heterocycles. The van der Waals surface area contributed by atoms with Crippen LogP contribution in [0.3, 0.4) is 0 Å². The molecule has 3 rings (SSSR count). The van der Waals surface area contributed by atoms with Crippen LogP contribution >= 0.6 is 0 Å².